The van der Waals surface area contributed by atoms with Crippen LogP contribution in [0.25, 0.3) is 33.4 Å². The zero-order valence-electron chi connectivity index (χ0n) is 22.4. The van der Waals surface area contributed by atoms with Crippen LogP contribution in [0.15, 0.2) is 158 Å². The highest BCUT2D eigenvalue weighted by atomic mass is 16.5. The molecule has 0 aromatic heterocycles. The molecule has 6 aromatic carbocycles. The first-order chi connectivity index (χ1) is 20.3. The first kappa shape index (κ1) is 22.8. The molecule has 2 aliphatic heterocycles. The third-order valence-corrected chi connectivity index (χ3v) is 9.21. The van der Waals surface area contributed by atoms with Crippen molar-refractivity contribution in [2.75, 3.05) is 0 Å². The molecule has 1 aliphatic carbocycles. The summed E-state index contributed by atoms with van der Waals surface area (Å²) >= 11 is 0. The topological polar surface area (TPSA) is 9.23 Å². The van der Waals surface area contributed by atoms with Gasteiger partial charge >= 0.3 is 0 Å². The second-order valence-corrected chi connectivity index (χ2v) is 11.1. The molecule has 0 fully saturated rings. The van der Waals surface area contributed by atoms with Crippen LogP contribution in [0.1, 0.15) is 33.4 Å². The zero-order valence-corrected chi connectivity index (χ0v) is 22.4. The van der Waals surface area contributed by atoms with E-state index < -0.39 is 11.2 Å². The predicted octanol–water partition coefficient (Wildman–Crippen LogP) is 9.48. The minimum absolute atomic E-state index is 0.779. The molecule has 1 heteroatoms. The molecule has 2 heterocycles. The number of fused-ring (bicyclic) bond motifs is 14. The van der Waals surface area contributed by atoms with Crippen molar-refractivity contribution in [3.05, 3.63) is 191 Å². The third-order valence-electron chi connectivity index (χ3n) is 9.21. The molecule has 0 radical (unpaired) electrons. The minimum atomic E-state index is -0.779. The summed E-state index contributed by atoms with van der Waals surface area (Å²) in [5.41, 5.74) is 13.1. The van der Waals surface area contributed by atoms with E-state index in [1.165, 1.54) is 55.7 Å². The summed E-state index contributed by atoms with van der Waals surface area (Å²) in [5.74, 6) is 0. The van der Waals surface area contributed by atoms with Gasteiger partial charge in [-0.1, -0.05) is 158 Å². The van der Waals surface area contributed by atoms with Crippen molar-refractivity contribution < 1.29 is 4.74 Å². The van der Waals surface area contributed by atoms with E-state index in [0.29, 0.717) is 0 Å². The maximum atomic E-state index is 7.79. The van der Waals surface area contributed by atoms with Crippen LogP contribution < -0.4 is 0 Å². The monoisotopic (exact) mass is 522 g/mol. The van der Waals surface area contributed by atoms with Gasteiger partial charge in [-0.15, -0.1) is 0 Å². The van der Waals surface area contributed by atoms with Gasteiger partial charge in [0.1, 0.15) is 11.2 Å². The Balaban J connectivity index is 1.56. The van der Waals surface area contributed by atoms with Crippen molar-refractivity contribution in [3.63, 3.8) is 0 Å². The summed E-state index contributed by atoms with van der Waals surface area (Å²) in [6.07, 6.45) is 0. The molecular formula is C40H26O. The Morgan fingerprint density at radius 1 is 0.293 bits per heavy atom. The highest BCUT2D eigenvalue weighted by molar-refractivity contribution is 6.13. The fraction of sp³-hybridized carbons (Fsp3) is 0.0500. The van der Waals surface area contributed by atoms with E-state index in [9.17, 15) is 0 Å². The summed E-state index contributed by atoms with van der Waals surface area (Å²) in [7, 11) is 0. The Hall–Kier alpha value is -4.98. The van der Waals surface area contributed by atoms with Gasteiger partial charge in [0.15, 0.2) is 0 Å². The molecule has 9 rings (SSSR count). The second-order valence-electron chi connectivity index (χ2n) is 11.1. The highest BCUT2D eigenvalue weighted by Gasteiger charge is 2.66. The van der Waals surface area contributed by atoms with Crippen molar-refractivity contribution in [2.45, 2.75) is 11.2 Å². The first-order valence-electron chi connectivity index (χ1n) is 14.3. The number of rotatable bonds is 2. The molecule has 192 valence electrons. The van der Waals surface area contributed by atoms with Gasteiger partial charge in [0.25, 0.3) is 0 Å². The van der Waals surface area contributed by atoms with Crippen LogP contribution in [-0.4, -0.2) is 0 Å². The average Bonchev–Trinajstić information content (AvgIpc) is 3.54. The van der Waals surface area contributed by atoms with Crippen LogP contribution in [0, 0.1) is 0 Å². The Labute approximate surface area is 240 Å². The standard InChI is InChI=1S/C40H26O/c1-3-15-27(16-4-1)39-35-25-13-14-26-36(35)40(41-39,28-17-5-2-6-18-28)38-34-24-12-10-22-32(34)30-20-8-7-19-29(30)31-21-9-11-23-33(31)37(38)39/h1-26H. The highest BCUT2D eigenvalue weighted by Crippen LogP contribution is 2.72. The fourth-order valence-corrected chi connectivity index (χ4v) is 7.70. The van der Waals surface area contributed by atoms with Crippen LogP contribution in [0.5, 0.6) is 0 Å². The van der Waals surface area contributed by atoms with Crippen LogP contribution in [0.4, 0.5) is 0 Å². The van der Waals surface area contributed by atoms with Crippen molar-refractivity contribution in [3.8, 4) is 22.3 Å². The van der Waals surface area contributed by atoms with Crippen molar-refractivity contribution in [2.24, 2.45) is 0 Å². The van der Waals surface area contributed by atoms with Crippen LogP contribution in [-0.2, 0) is 15.9 Å². The normalized spacial score (nSPS) is 21.2. The van der Waals surface area contributed by atoms with E-state index in [2.05, 4.69) is 158 Å². The number of hydrogen-bond donors (Lipinski definition) is 0. The summed E-state index contributed by atoms with van der Waals surface area (Å²) in [6.45, 7) is 0. The lowest BCUT2D eigenvalue weighted by atomic mass is 9.63. The Morgan fingerprint density at radius 2 is 0.585 bits per heavy atom. The molecule has 0 saturated heterocycles. The van der Waals surface area contributed by atoms with Gasteiger partial charge in [-0.25, -0.2) is 0 Å². The average molecular weight is 523 g/mol. The lowest BCUT2D eigenvalue weighted by molar-refractivity contribution is -0.0155. The Morgan fingerprint density at radius 3 is 0.976 bits per heavy atom. The minimum Gasteiger partial charge on any atom is -0.340 e. The summed E-state index contributed by atoms with van der Waals surface area (Å²) in [6, 6.07) is 57.2. The van der Waals surface area contributed by atoms with Gasteiger partial charge < -0.3 is 4.74 Å². The fourth-order valence-electron chi connectivity index (χ4n) is 7.70. The molecule has 0 N–H and O–H groups in total. The Kier molecular flexibility index (Phi) is 4.60. The van der Waals surface area contributed by atoms with Gasteiger partial charge in [0.2, 0.25) is 0 Å². The third kappa shape index (κ3) is 2.79. The number of ether oxygens (including phenoxy) is 1. The summed E-state index contributed by atoms with van der Waals surface area (Å²) < 4.78 is 7.79. The molecular weight excluding hydrogens is 496 g/mol. The number of hydrogen-bond acceptors (Lipinski definition) is 1. The van der Waals surface area contributed by atoms with Crippen LogP contribution in [0.3, 0.4) is 0 Å². The van der Waals surface area contributed by atoms with Crippen molar-refractivity contribution in [1.82, 2.24) is 0 Å². The zero-order chi connectivity index (χ0) is 27.0. The SMILES string of the molecule is c1ccc(C23OC(c4ccccc4)(C4=C2c2ccccc2-c2ccccc2-c2ccccc24)c2ccccc23)cc1. The lowest BCUT2D eigenvalue weighted by Crippen LogP contribution is -2.28. The number of benzene rings is 6. The Bertz CT molecular complexity index is 1870. The largest absolute Gasteiger partial charge is 0.340 e. The van der Waals surface area contributed by atoms with Crippen LogP contribution in [0.2, 0.25) is 0 Å². The van der Waals surface area contributed by atoms with Crippen molar-refractivity contribution in [1.29, 1.82) is 0 Å². The van der Waals surface area contributed by atoms with E-state index >= 15 is 0 Å². The molecule has 0 saturated carbocycles. The smallest absolute Gasteiger partial charge is 0.147 e. The van der Waals surface area contributed by atoms with Gasteiger partial charge in [-0.2, -0.15) is 0 Å². The van der Waals surface area contributed by atoms with E-state index in [1.807, 2.05) is 0 Å². The first-order valence-corrected chi connectivity index (χ1v) is 14.3. The molecule has 1 nitrogen and oxygen atoms in total. The van der Waals surface area contributed by atoms with Crippen LogP contribution >= 0.6 is 0 Å². The molecule has 41 heavy (non-hydrogen) atoms. The van der Waals surface area contributed by atoms with E-state index in [-0.39, 0.29) is 0 Å². The van der Waals surface area contributed by atoms with E-state index in [4.69, 9.17) is 4.74 Å². The molecule has 6 aromatic rings. The predicted molar refractivity (Wildman–Crippen MR) is 166 cm³/mol. The molecule has 3 aliphatic rings. The maximum Gasteiger partial charge on any atom is 0.147 e. The molecule has 0 amide bonds. The summed E-state index contributed by atoms with van der Waals surface area (Å²) in [5, 5.41) is 0. The second kappa shape index (κ2) is 8.27. The van der Waals surface area contributed by atoms with Gasteiger partial charge in [-0.05, 0) is 55.6 Å². The molecule has 2 unspecified atom stereocenters. The lowest BCUT2D eigenvalue weighted by Gasteiger charge is -2.36. The molecule has 2 atom stereocenters. The summed E-state index contributed by atoms with van der Waals surface area (Å²) in [4.78, 5) is 0. The molecule has 2 bridgehead atoms. The van der Waals surface area contributed by atoms with E-state index in [1.54, 1.807) is 0 Å². The molecule has 0 spiro atoms. The van der Waals surface area contributed by atoms with E-state index in [0.717, 1.165) is 11.1 Å². The quantitative estimate of drug-likeness (QED) is 0.220. The van der Waals surface area contributed by atoms with Crippen molar-refractivity contribution >= 4 is 11.1 Å². The van der Waals surface area contributed by atoms with Gasteiger partial charge in [0.05, 0.1) is 0 Å². The van der Waals surface area contributed by atoms with Gasteiger partial charge in [-0.3, -0.25) is 0 Å². The van der Waals surface area contributed by atoms with Gasteiger partial charge in [0, 0.05) is 11.1 Å². The maximum absolute atomic E-state index is 7.79.